The minimum absolute atomic E-state index is 0.0619. The zero-order valence-corrected chi connectivity index (χ0v) is 15.0. The molecule has 2 aromatic rings. The molecule has 25 heavy (non-hydrogen) atoms. The molecule has 4 rings (SSSR count). The summed E-state index contributed by atoms with van der Waals surface area (Å²) in [6, 6.07) is 0. The third-order valence-corrected chi connectivity index (χ3v) is 5.59. The van der Waals surface area contributed by atoms with E-state index in [4.69, 9.17) is 0 Å². The van der Waals surface area contributed by atoms with Crippen molar-refractivity contribution in [1.82, 2.24) is 24.4 Å². The van der Waals surface area contributed by atoms with Crippen LogP contribution in [-0.4, -0.2) is 50.6 Å². The van der Waals surface area contributed by atoms with Gasteiger partial charge in [-0.2, -0.15) is 0 Å². The molecule has 2 aliphatic rings. The number of hydrogen-bond donors (Lipinski definition) is 0. The largest absolute Gasteiger partial charge is 0.356 e. The van der Waals surface area contributed by atoms with Crippen LogP contribution in [0.2, 0.25) is 0 Å². The van der Waals surface area contributed by atoms with Crippen molar-refractivity contribution >= 4 is 5.82 Å². The summed E-state index contributed by atoms with van der Waals surface area (Å²) in [6.07, 6.45) is 4.92. The van der Waals surface area contributed by atoms with Gasteiger partial charge in [-0.3, -0.25) is 14.7 Å². The first-order valence-corrected chi connectivity index (χ1v) is 8.78. The highest BCUT2D eigenvalue weighted by atomic mass is 16.1. The zero-order chi connectivity index (χ0) is 17.6. The second kappa shape index (κ2) is 6.22. The van der Waals surface area contributed by atoms with Gasteiger partial charge in [0, 0.05) is 57.2 Å². The second-order valence-corrected chi connectivity index (χ2v) is 7.35. The fourth-order valence-electron chi connectivity index (χ4n) is 4.10. The van der Waals surface area contributed by atoms with E-state index in [1.165, 1.54) is 11.8 Å². The van der Waals surface area contributed by atoms with Crippen LogP contribution in [0.5, 0.6) is 0 Å². The zero-order valence-electron chi connectivity index (χ0n) is 15.0. The van der Waals surface area contributed by atoms with Crippen LogP contribution in [0.15, 0.2) is 23.5 Å². The van der Waals surface area contributed by atoms with E-state index in [1.807, 2.05) is 13.1 Å². The maximum Gasteiger partial charge on any atom is 0.268 e. The van der Waals surface area contributed by atoms with Crippen LogP contribution in [0.1, 0.15) is 17.0 Å². The molecular weight excluding hydrogens is 316 g/mol. The molecule has 7 heteroatoms. The maximum absolute atomic E-state index is 11.5. The number of nitrogens with zero attached hydrogens (tertiary/aromatic N) is 6. The molecule has 0 N–H and O–H groups in total. The highest BCUT2D eigenvalue weighted by molar-refractivity contribution is 5.48. The predicted octanol–water partition coefficient (Wildman–Crippen LogP) is 0.755. The van der Waals surface area contributed by atoms with Gasteiger partial charge in [-0.25, -0.2) is 9.97 Å². The van der Waals surface area contributed by atoms with Crippen molar-refractivity contribution in [3.05, 3.63) is 46.0 Å². The number of fused-ring (bicyclic) bond motifs is 1. The monoisotopic (exact) mass is 340 g/mol. The average Bonchev–Trinajstić information content (AvgIpc) is 3.12. The molecule has 2 aromatic heterocycles. The molecule has 132 valence electrons. The Morgan fingerprint density at radius 2 is 1.80 bits per heavy atom. The SMILES string of the molecule is Cc1ncnc(N2CC3CN(Cc4cn(C)c(=O)cn4)CC3C2)c1C. The van der Waals surface area contributed by atoms with E-state index < -0.39 is 0 Å². The number of likely N-dealkylation sites (tertiary alicyclic amines) is 1. The average molecular weight is 340 g/mol. The van der Waals surface area contributed by atoms with E-state index in [1.54, 1.807) is 17.9 Å². The van der Waals surface area contributed by atoms with Crippen LogP contribution in [-0.2, 0) is 13.6 Å². The summed E-state index contributed by atoms with van der Waals surface area (Å²) in [4.78, 5) is 29.4. The van der Waals surface area contributed by atoms with Gasteiger partial charge < -0.3 is 9.47 Å². The predicted molar refractivity (Wildman–Crippen MR) is 95.5 cm³/mol. The fourth-order valence-corrected chi connectivity index (χ4v) is 4.10. The van der Waals surface area contributed by atoms with E-state index in [-0.39, 0.29) is 5.56 Å². The van der Waals surface area contributed by atoms with E-state index in [9.17, 15) is 4.79 Å². The molecule has 0 bridgehead atoms. The van der Waals surface area contributed by atoms with Crippen molar-refractivity contribution in [3.63, 3.8) is 0 Å². The Kier molecular flexibility index (Phi) is 4.03. The van der Waals surface area contributed by atoms with Crippen LogP contribution in [0.4, 0.5) is 5.82 Å². The number of hydrogen-bond acceptors (Lipinski definition) is 6. The second-order valence-electron chi connectivity index (χ2n) is 7.35. The molecule has 2 fully saturated rings. The van der Waals surface area contributed by atoms with Crippen molar-refractivity contribution < 1.29 is 0 Å². The van der Waals surface area contributed by atoms with Crippen LogP contribution >= 0.6 is 0 Å². The molecule has 2 aliphatic heterocycles. The lowest BCUT2D eigenvalue weighted by atomic mass is 10.0. The molecule has 7 nitrogen and oxygen atoms in total. The molecule has 0 amide bonds. The minimum Gasteiger partial charge on any atom is -0.356 e. The van der Waals surface area contributed by atoms with Gasteiger partial charge in [-0.05, 0) is 25.7 Å². The van der Waals surface area contributed by atoms with Crippen molar-refractivity contribution in [2.45, 2.75) is 20.4 Å². The molecule has 2 unspecified atom stereocenters. The number of rotatable bonds is 3. The summed E-state index contributed by atoms with van der Waals surface area (Å²) in [7, 11) is 1.77. The molecule has 0 saturated carbocycles. The Morgan fingerprint density at radius 1 is 1.08 bits per heavy atom. The first-order valence-electron chi connectivity index (χ1n) is 8.78. The number of anilines is 1. The van der Waals surface area contributed by atoms with Crippen LogP contribution in [0.25, 0.3) is 0 Å². The van der Waals surface area contributed by atoms with Gasteiger partial charge in [-0.1, -0.05) is 0 Å². The molecule has 2 atom stereocenters. The Bertz CT molecular complexity index is 834. The molecular formula is C18H24N6O. The van der Waals surface area contributed by atoms with E-state index >= 15 is 0 Å². The molecule has 4 heterocycles. The van der Waals surface area contributed by atoms with E-state index in [0.29, 0.717) is 11.8 Å². The molecule has 0 spiro atoms. The molecule has 0 radical (unpaired) electrons. The first kappa shape index (κ1) is 16.2. The van der Waals surface area contributed by atoms with Gasteiger partial charge in [0.2, 0.25) is 0 Å². The van der Waals surface area contributed by atoms with Crippen LogP contribution in [0, 0.1) is 25.7 Å². The summed E-state index contributed by atoms with van der Waals surface area (Å²) >= 11 is 0. The summed E-state index contributed by atoms with van der Waals surface area (Å²) < 4.78 is 1.60. The van der Waals surface area contributed by atoms with E-state index in [0.717, 1.165) is 49.9 Å². The van der Waals surface area contributed by atoms with Gasteiger partial charge in [-0.15, -0.1) is 0 Å². The normalized spacial score (nSPS) is 23.2. The summed E-state index contributed by atoms with van der Waals surface area (Å²) in [5.41, 5.74) is 3.15. The Hall–Kier alpha value is -2.28. The van der Waals surface area contributed by atoms with Crippen LogP contribution in [0.3, 0.4) is 0 Å². The number of aromatic nitrogens is 4. The third kappa shape index (κ3) is 3.04. The summed E-state index contributed by atoms with van der Waals surface area (Å²) in [6.45, 7) is 9.23. The molecule has 0 aromatic carbocycles. The molecule has 2 saturated heterocycles. The van der Waals surface area contributed by atoms with Crippen molar-refractivity contribution in [3.8, 4) is 0 Å². The lowest BCUT2D eigenvalue weighted by Gasteiger charge is -2.23. The Balaban J connectivity index is 1.41. The van der Waals surface area contributed by atoms with Crippen molar-refractivity contribution in [2.75, 3.05) is 31.1 Å². The lowest BCUT2D eigenvalue weighted by molar-refractivity contribution is 0.304. The summed E-state index contributed by atoms with van der Waals surface area (Å²) in [5, 5.41) is 0. The maximum atomic E-state index is 11.5. The lowest BCUT2D eigenvalue weighted by Crippen LogP contribution is -2.30. The molecule has 0 aliphatic carbocycles. The van der Waals surface area contributed by atoms with Gasteiger partial charge in [0.05, 0.1) is 11.9 Å². The highest BCUT2D eigenvalue weighted by Gasteiger charge is 2.40. The Morgan fingerprint density at radius 3 is 2.48 bits per heavy atom. The topological polar surface area (TPSA) is 67.2 Å². The highest BCUT2D eigenvalue weighted by Crippen LogP contribution is 2.34. The van der Waals surface area contributed by atoms with Crippen molar-refractivity contribution in [2.24, 2.45) is 18.9 Å². The van der Waals surface area contributed by atoms with Gasteiger partial charge in [0.15, 0.2) is 0 Å². The fraction of sp³-hybridized carbons (Fsp3) is 0.556. The van der Waals surface area contributed by atoms with Gasteiger partial charge >= 0.3 is 0 Å². The van der Waals surface area contributed by atoms with Gasteiger partial charge in [0.1, 0.15) is 12.1 Å². The minimum atomic E-state index is -0.0619. The Labute approximate surface area is 147 Å². The summed E-state index contributed by atoms with van der Waals surface area (Å²) in [5.74, 6) is 2.43. The third-order valence-electron chi connectivity index (χ3n) is 5.59. The van der Waals surface area contributed by atoms with Crippen molar-refractivity contribution in [1.29, 1.82) is 0 Å². The van der Waals surface area contributed by atoms with E-state index in [2.05, 4.69) is 31.7 Å². The quantitative estimate of drug-likeness (QED) is 0.822. The van der Waals surface area contributed by atoms with Crippen LogP contribution < -0.4 is 10.5 Å². The first-order chi connectivity index (χ1) is 12.0. The number of aryl methyl sites for hydroxylation is 2. The van der Waals surface area contributed by atoms with Gasteiger partial charge in [0.25, 0.3) is 5.56 Å². The standard InChI is InChI=1S/C18H24N6O/c1-12-13(2)20-11-21-18(12)24-7-14-5-23(6-15(14)8-24)10-16-9-22(3)17(25)4-19-16/h4,9,11,14-15H,5-8,10H2,1-3H3. The smallest absolute Gasteiger partial charge is 0.268 e.